The fourth-order valence-corrected chi connectivity index (χ4v) is 3.10. The maximum atomic E-state index is 13.8. The van der Waals surface area contributed by atoms with Crippen LogP contribution in [0.1, 0.15) is 16.1 Å². The molecule has 4 nitrogen and oxygen atoms in total. The first-order valence-corrected chi connectivity index (χ1v) is 7.86. The summed E-state index contributed by atoms with van der Waals surface area (Å²) >= 11 is 0. The molecule has 124 valence electrons. The topological polar surface area (TPSA) is 44.1 Å². The van der Waals surface area contributed by atoms with Gasteiger partial charge < -0.3 is 9.30 Å². The van der Waals surface area contributed by atoms with Gasteiger partial charge in [-0.2, -0.15) is 0 Å². The van der Waals surface area contributed by atoms with Crippen molar-refractivity contribution in [3.8, 4) is 0 Å². The highest BCUT2D eigenvalue weighted by molar-refractivity contribution is 6.03. The standard InChI is InChI=1S/C20H15FN2O2/c1-25-20(24)18-10-16(21)8-14-6-7-23(19(14)18)12-17-9-13-4-2-3-5-15(13)11-22-17/h2-11H,12H2,1H3. The number of hydrogen-bond donors (Lipinski definition) is 0. The number of methoxy groups -OCH3 is 1. The molecular formula is C20H15FN2O2. The number of aromatic nitrogens is 2. The van der Waals surface area contributed by atoms with Gasteiger partial charge in [-0.3, -0.25) is 4.98 Å². The molecule has 0 saturated heterocycles. The highest BCUT2D eigenvalue weighted by Crippen LogP contribution is 2.24. The monoisotopic (exact) mass is 334 g/mol. The average molecular weight is 334 g/mol. The van der Waals surface area contributed by atoms with Crippen molar-refractivity contribution in [3.05, 3.63) is 78.0 Å². The van der Waals surface area contributed by atoms with Gasteiger partial charge in [0.15, 0.2) is 0 Å². The van der Waals surface area contributed by atoms with Crippen LogP contribution in [-0.4, -0.2) is 22.6 Å². The summed E-state index contributed by atoms with van der Waals surface area (Å²) in [5.74, 6) is -1.02. The second-order valence-electron chi connectivity index (χ2n) is 5.85. The highest BCUT2D eigenvalue weighted by Gasteiger charge is 2.16. The number of carbonyl (C=O) groups excluding carboxylic acids is 1. The normalized spacial score (nSPS) is 11.1. The molecule has 0 N–H and O–H groups in total. The maximum absolute atomic E-state index is 13.8. The third-order valence-corrected chi connectivity index (χ3v) is 4.25. The van der Waals surface area contributed by atoms with Gasteiger partial charge in [0.1, 0.15) is 5.82 Å². The first-order chi connectivity index (χ1) is 12.2. The molecule has 4 rings (SSSR count). The summed E-state index contributed by atoms with van der Waals surface area (Å²) in [5, 5.41) is 2.82. The van der Waals surface area contributed by atoms with E-state index in [0.717, 1.165) is 16.5 Å². The Morgan fingerprint density at radius 1 is 1.12 bits per heavy atom. The van der Waals surface area contributed by atoms with E-state index in [1.54, 1.807) is 6.07 Å². The minimum atomic E-state index is -0.559. The van der Waals surface area contributed by atoms with Crippen LogP contribution in [0.4, 0.5) is 4.39 Å². The summed E-state index contributed by atoms with van der Waals surface area (Å²) < 4.78 is 20.5. The van der Waals surface area contributed by atoms with Crippen LogP contribution in [0.5, 0.6) is 0 Å². The average Bonchev–Trinajstić information content (AvgIpc) is 3.02. The molecule has 2 heterocycles. The smallest absolute Gasteiger partial charge is 0.340 e. The van der Waals surface area contributed by atoms with Crippen molar-refractivity contribution in [2.24, 2.45) is 0 Å². The van der Waals surface area contributed by atoms with Crippen LogP contribution in [-0.2, 0) is 11.3 Å². The first kappa shape index (κ1) is 15.3. The number of fused-ring (bicyclic) bond motifs is 2. The Kier molecular flexibility index (Phi) is 3.69. The van der Waals surface area contributed by atoms with Gasteiger partial charge in [-0.05, 0) is 29.7 Å². The minimum absolute atomic E-state index is 0.211. The molecule has 0 aliphatic rings. The Hall–Kier alpha value is -3.21. The molecule has 2 aromatic heterocycles. The number of rotatable bonds is 3. The van der Waals surface area contributed by atoms with E-state index in [2.05, 4.69) is 4.98 Å². The Morgan fingerprint density at radius 3 is 2.72 bits per heavy atom. The summed E-state index contributed by atoms with van der Waals surface area (Å²) in [4.78, 5) is 16.5. The third kappa shape index (κ3) is 2.74. The fourth-order valence-electron chi connectivity index (χ4n) is 3.10. The summed E-state index contributed by atoms with van der Waals surface area (Å²) in [7, 11) is 1.29. The number of nitrogens with zero attached hydrogens (tertiary/aromatic N) is 2. The summed E-state index contributed by atoms with van der Waals surface area (Å²) in [6.07, 6.45) is 3.66. The second kappa shape index (κ2) is 6.02. The second-order valence-corrected chi connectivity index (χ2v) is 5.85. The molecule has 4 aromatic rings. The summed E-state index contributed by atoms with van der Waals surface area (Å²) in [6.45, 7) is 0.476. The SMILES string of the molecule is COC(=O)c1cc(F)cc2ccn(Cc3cc4ccccc4cn3)c12. The molecule has 2 aromatic carbocycles. The van der Waals surface area contributed by atoms with Crippen LogP contribution in [0, 0.1) is 5.82 Å². The lowest BCUT2D eigenvalue weighted by Gasteiger charge is -2.09. The Labute approximate surface area is 143 Å². The number of hydrogen-bond acceptors (Lipinski definition) is 3. The number of halogens is 1. The number of carbonyl (C=O) groups is 1. The molecule has 25 heavy (non-hydrogen) atoms. The Balaban J connectivity index is 1.82. The Bertz CT molecular complexity index is 1100. The van der Waals surface area contributed by atoms with Gasteiger partial charge >= 0.3 is 5.97 Å². The van der Waals surface area contributed by atoms with Crippen molar-refractivity contribution >= 4 is 27.6 Å². The van der Waals surface area contributed by atoms with E-state index in [4.69, 9.17) is 4.74 Å². The molecule has 0 aliphatic heterocycles. The zero-order chi connectivity index (χ0) is 17.4. The predicted octanol–water partition coefficient (Wildman–Crippen LogP) is 4.16. The van der Waals surface area contributed by atoms with Crippen LogP contribution in [0.15, 0.2) is 60.9 Å². The van der Waals surface area contributed by atoms with Crippen molar-refractivity contribution in [2.75, 3.05) is 7.11 Å². The van der Waals surface area contributed by atoms with E-state index in [0.29, 0.717) is 17.4 Å². The lowest BCUT2D eigenvalue weighted by molar-refractivity contribution is 0.0602. The van der Waals surface area contributed by atoms with Crippen LogP contribution in [0.25, 0.3) is 21.7 Å². The molecule has 0 atom stereocenters. The zero-order valence-corrected chi connectivity index (χ0v) is 13.6. The lowest BCUT2D eigenvalue weighted by Crippen LogP contribution is -2.07. The molecule has 0 bridgehead atoms. The van der Waals surface area contributed by atoms with Crippen molar-refractivity contribution in [2.45, 2.75) is 6.54 Å². The van der Waals surface area contributed by atoms with Crippen LogP contribution >= 0.6 is 0 Å². The molecular weight excluding hydrogens is 319 g/mol. The largest absolute Gasteiger partial charge is 0.465 e. The number of ether oxygens (including phenoxy) is 1. The van der Waals surface area contributed by atoms with E-state index in [1.807, 2.05) is 47.3 Å². The summed E-state index contributed by atoms with van der Waals surface area (Å²) in [6, 6.07) is 14.4. The van der Waals surface area contributed by atoms with Crippen molar-refractivity contribution < 1.29 is 13.9 Å². The quantitative estimate of drug-likeness (QED) is 0.528. The minimum Gasteiger partial charge on any atom is -0.465 e. The van der Waals surface area contributed by atoms with Crippen molar-refractivity contribution in [1.82, 2.24) is 9.55 Å². The first-order valence-electron chi connectivity index (χ1n) is 7.86. The number of pyridine rings is 1. The van der Waals surface area contributed by atoms with Crippen molar-refractivity contribution in [1.29, 1.82) is 0 Å². The fraction of sp³-hybridized carbons (Fsp3) is 0.100. The van der Waals surface area contributed by atoms with E-state index < -0.39 is 11.8 Å². The lowest BCUT2D eigenvalue weighted by atomic mass is 10.1. The number of benzene rings is 2. The molecule has 0 amide bonds. The molecule has 0 radical (unpaired) electrons. The molecule has 0 fully saturated rings. The Morgan fingerprint density at radius 2 is 1.92 bits per heavy atom. The summed E-state index contributed by atoms with van der Waals surface area (Å²) in [5.41, 5.74) is 1.71. The van der Waals surface area contributed by atoms with Gasteiger partial charge in [0.25, 0.3) is 0 Å². The van der Waals surface area contributed by atoms with Crippen LogP contribution < -0.4 is 0 Å². The predicted molar refractivity (Wildman–Crippen MR) is 94.1 cm³/mol. The van der Waals surface area contributed by atoms with Gasteiger partial charge in [0, 0.05) is 23.2 Å². The zero-order valence-electron chi connectivity index (χ0n) is 13.6. The van der Waals surface area contributed by atoms with Gasteiger partial charge in [0.2, 0.25) is 0 Å². The highest BCUT2D eigenvalue weighted by atomic mass is 19.1. The molecule has 0 aliphatic carbocycles. The number of esters is 1. The van der Waals surface area contributed by atoms with E-state index >= 15 is 0 Å². The molecule has 5 heteroatoms. The van der Waals surface area contributed by atoms with Crippen LogP contribution in [0.2, 0.25) is 0 Å². The molecule has 0 saturated carbocycles. The van der Waals surface area contributed by atoms with Crippen LogP contribution in [0.3, 0.4) is 0 Å². The van der Waals surface area contributed by atoms with E-state index in [-0.39, 0.29) is 5.56 Å². The van der Waals surface area contributed by atoms with Gasteiger partial charge in [0.05, 0.1) is 30.4 Å². The van der Waals surface area contributed by atoms with E-state index in [9.17, 15) is 9.18 Å². The van der Waals surface area contributed by atoms with Gasteiger partial charge in [-0.1, -0.05) is 24.3 Å². The van der Waals surface area contributed by atoms with Gasteiger partial charge in [-0.15, -0.1) is 0 Å². The molecule has 0 unspecified atom stereocenters. The maximum Gasteiger partial charge on any atom is 0.340 e. The van der Waals surface area contributed by atoms with Gasteiger partial charge in [-0.25, -0.2) is 9.18 Å². The molecule has 0 spiro atoms. The third-order valence-electron chi connectivity index (χ3n) is 4.25. The van der Waals surface area contributed by atoms with E-state index in [1.165, 1.54) is 19.2 Å². The van der Waals surface area contributed by atoms with Crippen molar-refractivity contribution in [3.63, 3.8) is 0 Å².